The van der Waals surface area contributed by atoms with Crippen molar-refractivity contribution in [3.8, 4) is 0 Å². The Kier molecular flexibility index (Phi) is 3.97. The minimum absolute atomic E-state index is 0.0968. The van der Waals surface area contributed by atoms with Gasteiger partial charge in [-0.3, -0.25) is 0 Å². The minimum atomic E-state index is 0.0968. The van der Waals surface area contributed by atoms with Gasteiger partial charge in [0.1, 0.15) is 0 Å². The van der Waals surface area contributed by atoms with Crippen molar-refractivity contribution in [2.75, 3.05) is 14.1 Å². The molecule has 1 heterocycles. The third kappa shape index (κ3) is 2.82. The molecule has 5 heteroatoms. The summed E-state index contributed by atoms with van der Waals surface area (Å²) in [6, 6.07) is 0.274. The first-order valence-corrected chi connectivity index (χ1v) is 7.05. The molecule has 0 radical (unpaired) electrons. The molecular weight excluding hydrogens is 240 g/mol. The number of hydrogen-bond acceptors (Lipinski definition) is 5. The lowest BCUT2D eigenvalue weighted by Gasteiger charge is -2.45. The zero-order valence-corrected chi connectivity index (χ0v) is 12.7. The molecule has 5 nitrogen and oxygen atoms in total. The fourth-order valence-electron chi connectivity index (χ4n) is 3.05. The first-order chi connectivity index (χ1) is 8.82. The monoisotopic (exact) mass is 266 g/mol. The smallest absolute Gasteiger partial charge is 0.230 e. The molecule has 1 aromatic heterocycles. The Labute approximate surface area is 115 Å². The van der Waals surface area contributed by atoms with E-state index in [4.69, 9.17) is 10.3 Å². The van der Waals surface area contributed by atoms with E-state index in [1.807, 2.05) is 19.0 Å². The van der Waals surface area contributed by atoms with E-state index >= 15 is 0 Å². The van der Waals surface area contributed by atoms with E-state index in [0.717, 1.165) is 24.6 Å². The lowest BCUT2D eigenvalue weighted by atomic mass is 9.61. The van der Waals surface area contributed by atoms with Gasteiger partial charge in [0, 0.05) is 12.0 Å². The predicted octanol–water partition coefficient (Wildman–Crippen LogP) is 2.00. The Morgan fingerprint density at radius 2 is 2.05 bits per heavy atom. The minimum Gasteiger partial charge on any atom is -0.339 e. The standard InChI is InChI=1S/C14H26N4O/c1-9-11(15)7-6-10(14(9,2)3)13-16-12(17-19-13)8-18(4)5/h9-11H,6-8,15H2,1-5H3. The van der Waals surface area contributed by atoms with Crippen LogP contribution in [0.4, 0.5) is 0 Å². The largest absolute Gasteiger partial charge is 0.339 e. The van der Waals surface area contributed by atoms with Gasteiger partial charge in [0.15, 0.2) is 5.82 Å². The predicted molar refractivity (Wildman–Crippen MR) is 74.6 cm³/mol. The number of nitrogens with zero attached hydrogens (tertiary/aromatic N) is 3. The average Bonchev–Trinajstić information content (AvgIpc) is 2.73. The zero-order valence-electron chi connectivity index (χ0n) is 12.7. The first-order valence-electron chi connectivity index (χ1n) is 7.05. The van der Waals surface area contributed by atoms with Crippen LogP contribution in [0.2, 0.25) is 0 Å². The number of rotatable bonds is 3. The molecule has 19 heavy (non-hydrogen) atoms. The van der Waals surface area contributed by atoms with E-state index in [-0.39, 0.29) is 11.5 Å². The van der Waals surface area contributed by atoms with Crippen LogP contribution in [0.3, 0.4) is 0 Å². The Morgan fingerprint density at radius 1 is 1.37 bits per heavy atom. The molecule has 2 rings (SSSR count). The molecular formula is C14H26N4O. The molecule has 1 aromatic rings. The molecule has 1 aliphatic rings. The van der Waals surface area contributed by atoms with Crippen LogP contribution in [-0.4, -0.2) is 35.2 Å². The Bertz CT molecular complexity index is 427. The molecule has 2 N–H and O–H groups in total. The summed E-state index contributed by atoms with van der Waals surface area (Å²) in [7, 11) is 4.00. The van der Waals surface area contributed by atoms with E-state index in [0.29, 0.717) is 18.4 Å². The molecule has 0 amide bonds. The topological polar surface area (TPSA) is 68.2 Å². The van der Waals surface area contributed by atoms with Gasteiger partial charge in [0.25, 0.3) is 0 Å². The van der Waals surface area contributed by atoms with E-state index in [2.05, 4.69) is 30.9 Å². The van der Waals surface area contributed by atoms with Crippen molar-refractivity contribution in [2.24, 2.45) is 17.1 Å². The molecule has 1 saturated carbocycles. The van der Waals surface area contributed by atoms with E-state index < -0.39 is 0 Å². The molecule has 3 atom stereocenters. The second kappa shape index (κ2) is 5.21. The highest BCUT2D eigenvalue weighted by Crippen LogP contribution is 2.49. The van der Waals surface area contributed by atoms with Crippen LogP contribution >= 0.6 is 0 Å². The zero-order chi connectivity index (χ0) is 14.2. The van der Waals surface area contributed by atoms with Crippen molar-refractivity contribution in [3.05, 3.63) is 11.7 Å². The van der Waals surface area contributed by atoms with Crippen LogP contribution in [0.5, 0.6) is 0 Å². The maximum Gasteiger partial charge on any atom is 0.230 e. The van der Waals surface area contributed by atoms with Crippen molar-refractivity contribution in [3.63, 3.8) is 0 Å². The van der Waals surface area contributed by atoms with Crippen molar-refractivity contribution in [2.45, 2.75) is 52.1 Å². The highest BCUT2D eigenvalue weighted by atomic mass is 16.5. The molecule has 0 bridgehead atoms. The number of aromatic nitrogens is 2. The van der Waals surface area contributed by atoms with Gasteiger partial charge in [-0.2, -0.15) is 4.98 Å². The molecule has 0 aliphatic heterocycles. The quantitative estimate of drug-likeness (QED) is 0.906. The molecule has 1 aliphatic carbocycles. The summed E-state index contributed by atoms with van der Waals surface area (Å²) in [5.74, 6) is 2.31. The van der Waals surface area contributed by atoms with Crippen molar-refractivity contribution < 1.29 is 4.52 Å². The van der Waals surface area contributed by atoms with E-state index in [1.165, 1.54) is 0 Å². The lowest BCUT2D eigenvalue weighted by Crippen LogP contribution is -2.45. The van der Waals surface area contributed by atoms with Gasteiger partial charge < -0.3 is 15.2 Å². The molecule has 0 spiro atoms. The summed E-state index contributed by atoms with van der Waals surface area (Å²) in [6.45, 7) is 7.47. The van der Waals surface area contributed by atoms with Gasteiger partial charge in [-0.15, -0.1) is 0 Å². The van der Waals surface area contributed by atoms with Crippen molar-refractivity contribution in [1.29, 1.82) is 0 Å². The first kappa shape index (κ1) is 14.5. The normalized spacial score (nSPS) is 30.8. The SMILES string of the molecule is CC1C(N)CCC(c2nc(CN(C)C)no2)C1(C)C. The summed E-state index contributed by atoms with van der Waals surface area (Å²) in [5, 5.41) is 4.08. The highest BCUT2D eigenvalue weighted by Gasteiger charge is 2.44. The second-order valence-electron chi connectivity index (χ2n) is 6.69. The van der Waals surface area contributed by atoms with Gasteiger partial charge in [0.2, 0.25) is 5.89 Å². The lowest BCUT2D eigenvalue weighted by molar-refractivity contribution is 0.0806. The van der Waals surface area contributed by atoms with Crippen molar-refractivity contribution >= 4 is 0 Å². The number of nitrogens with two attached hydrogens (primary N) is 1. The maximum atomic E-state index is 6.19. The second-order valence-corrected chi connectivity index (χ2v) is 6.69. The Hall–Kier alpha value is -0.940. The molecule has 3 unspecified atom stereocenters. The van der Waals surface area contributed by atoms with Gasteiger partial charge in [-0.1, -0.05) is 25.9 Å². The van der Waals surface area contributed by atoms with Gasteiger partial charge in [-0.05, 0) is 38.3 Å². The maximum absolute atomic E-state index is 6.19. The Morgan fingerprint density at radius 3 is 2.68 bits per heavy atom. The molecule has 0 saturated heterocycles. The van der Waals surface area contributed by atoms with Crippen LogP contribution in [-0.2, 0) is 6.54 Å². The fourth-order valence-corrected chi connectivity index (χ4v) is 3.05. The van der Waals surface area contributed by atoms with Crippen LogP contribution in [0.1, 0.15) is 51.2 Å². The Balaban J connectivity index is 2.19. The van der Waals surface area contributed by atoms with E-state index in [9.17, 15) is 0 Å². The summed E-state index contributed by atoms with van der Waals surface area (Å²) in [4.78, 5) is 6.61. The van der Waals surface area contributed by atoms with Crippen LogP contribution in [0.15, 0.2) is 4.52 Å². The number of hydrogen-bond donors (Lipinski definition) is 1. The summed E-state index contributed by atoms with van der Waals surface area (Å²) in [5.41, 5.74) is 6.29. The van der Waals surface area contributed by atoms with Crippen molar-refractivity contribution in [1.82, 2.24) is 15.0 Å². The average molecular weight is 266 g/mol. The highest BCUT2D eigenvalue weighted by molar-refractivity contribution is 5.06. The van der Waals surface area contributed by atoms with Gasteiger partial charge in [-0.25, -0.2) is 0 Å². The summed E-state index contributed by atoms with van der Waals surface area (Å²) >= 11 is 0. The summed E-state index contributed by atoms with van der Waals surface area (Å²) in [6.07, 6.45) is 2.06. The molecule has 1 fully saturated rings. The third-order valence-electron chi connectivity index (χ3n) is 4.74. The van der Waals surface area contributed by atoms with Gasteiger partial charge in [0.05, 0.1) is 6.54 Å². The van der Waals surface area contributed by atoms with Crippen LogP contribution < -0.4 is 5.73 Å². The van der Waals surface area contributed by atoms with Crippen LogP contribution in [0.25, 0.3) is 0 Å². The summed E-state index contributed by atoms with van der Waals surface area (Å²) < 4.78 is 5.50. The van der Waals surface area contributed by atoms with Gasteiger partial charge >= 0.3 is 0 Å². The van der Waals surface area contributed by atoms with Crippen LogP contribution in [0, 0.1) is 11.3 Å². The molecule has 0 aromatic carbocycles. The third-order valence-corrected chi connectivity index (χ3v) is 4.74. The fraction of sp³-hybridized carbons (Fsp3) is 0.857. The molecule has 108 valence electrons. The van der Waals surface area contributed by atoms with E-state index in [1.54, 1.807) is 0 Å².